The monoisotopic (exact) mass is 268 g/mol. The standard InChI is InChI=1S/C16H32N2O/c1-3-14-4-8-16(19,9-5-14)13-17-12-15-6-10-18(2)11-7-15/h14-15,17,19H,3-13H2,1-2H3. The van der Waals surface area contributed by atoms with E-state index in [1.807, 2.05) is 0 Å². The molecule has 0 radical (unpaired) electrons. The number of hydrogen-bond acceptors (Lipinski definition) is 3. The summed E-state index contributed by atoms with van der Waals surface area (Å²) in [5.41, 5.74) is -0.420. The molecule has 1 heterocycles. The van der Waals surface area contributed by atoms with Crippen LogP contribution in [-0.4, -0.2) is 48.8 Å². The first-order valence-electron chi connectivity index (χ1n) is 8.23. The zero-order valence-corrected chi connectivity index (χ0v) is 12.8. The fourth-order valence-corrected chi connectivity index (χ4v) is 3.58. The molecule has 0 bridgehead atoms. The molecule has 0 unspecified atom stereocenters. The fraction of sp³-hybridized carbons (Fsp3) is 1.00. The van der Waals surface area contributed by atoms with E-state index in [0.717, 1.165) is 37.8 Å². The Morgan fingerprint density at radius 3 is 2.32 bits per heavy atom. The molecule has 3 nitrogen and oxygen atoms in total. The topological polar surface area (TPSA) is 35.5 Å². The van der Waals surface area contributed by atoms with Gasteiger partial charge in [-0.05, 0) is 77.0 Å². The van der Waals surface area contributed by atoms with Gasteiger partial charge in [0, 0.05) is 6.54 Å². The van der Waals surface area contributed by atoms with Gasteiger partial charge in [0.05, 0.1) is 5.60 Å². The first kappa shape index (κ1) is 15.3. The Bertz CT molecular complexity index is 253. The summed E-state index contributed by atoms with van der Waals surface area (Å²) in [6.45, 7) is 6.63. The zero-order chi connectivity index (χ0) is 13.7. The molecule has 0 aromatic heterocycles. The van der Waals surface area contributed by atoms with E-state index in [-0.39, 0.29) is 0 Å². The van der Waals surface area contributed by atoms with Gasteiger partial charge in [0.15, 0.2) is 0 Å². The highest BCUT2D eigenvalue weighted by molar-refractivity contribution is 4.87. The molecule has 0 aromatic carbocycles. The van der Waals surface area contributed by atoms with Crippen molar-refractivity contribution in [1.29, 1.82) is 0 Å². The van der Waals surface area contributed by atoms with Gasteiger partial charge in [-0.15, -0.1) is 0 Å². The average Bonchev–Trinajstić information content (AvgIpc) is 2.42. The zero-order valence-electron chi connectivity index (χ0n) is 12.8. The number of hydrogen-bond donors (Lipinski definition) is 2. The molecule has 0 spiro atoms. The van der Waals surface area contributed by atoms with E-state index < -0.39 is 5.60 Å². The summed E-state index contributed by atoms with van der Waals surface area (Å²) in [6.07, 6.45) is 8.29. The Morgan fingerprint density at radius 2 is 1.74 bits per heavy atom. The van der Waals surface area contributed by atoms with Gasteiger partial charge < -0.3 is 15.3 Å². The van der Waals surface area contributed by atoms with E-state index in [2.05, 4.69) is 24.2 Å². The van der Waals surface area contributed by atoms with Gasteiger partial charge in [0.25, 0.3) is 0 Å². The third-order valence-electron chi connectivity index (χ3n) is 5.34. The number of likely N-dealkylation sites (tertiary alicyclic amines) is 1. The molecule has 2 rings (SSSR count). The number of rotatable bonds is 5. The van der Waals surface area contributed by atoms with Crippen LogP contribution >= 0.6 is 0 Å². The van der Waals surface area contributed by atoms with E-state index in [9.17, 15) is 5.11 Å². The summed E-state index contributed by atoms with van der Waals surface area (Å²) >= 11 is 0. The summed E-state index contributed by atoms with van der Waals surface area (Å²) in [4.78, 5) is 2.41. The second-order valence-corrected chi connectivity index (χ2v) is 6.95. The maximum absolute atomic E-state index is 10.6. The summed E-state index contributed by atoms with van der Waals surface area (Å²) < 4.78 is 0. The minimum absolute atomic E-state index is 0.420. The van der Waals surface area contributed by atoms with Crippen LogP contribution in [0.15, 0.2) is 0 Å². The van der Waals surface area contributed by atoms with Gasteiger partial charge in [0.1, 0.15) is 0 Å². The molecular formula is C16H32N2O. The van der Waals surface area contributed by atoms with Crippen molar-refractivity contribution >= 4 is 0 Å². The maximum atomic E-state index is 10.6. The molecule has 1 aliphatic heterocycles. The molecule has 112 valence electrons. The van der Waals surface area contributed by atoms with Crippen molar-refractivity contribution in [3.8, 4) is 0 Å². The molecule has 2 fully saturated rings. The summed E-state index contributed by atoms with van der Waals surface area (Å²) in [5.74, 6) is 1.67. The van der Waals surface area contributed by atoms with Crippen LogP contribution in [0.5, 0.6) is 0 Å². The van der Waals surface area contributed by atoms with Gasteiger partial charge in [-0.1, -0.05) is 13.3 Å². The molecule has 1 aliphatic carbocycles. The van der Waals surface area contributed by atoms with Crippen molar-refractivity contribution < 1.29 is 5.11 Å². The molecule has 2 N–H and O–H groups in total. The van der Waals surface area contributed by atoms with E-state index in [1.54, 1.807) is 0 Å². The molecule has 3 heteroatoms. The Morgan fingerprint density at radius 1 is 1.11 bits per heavy atom. The van der Waals surface area contributed by atoms with Crippen LogP contribution in [0, 0.1) is 11.8 Å². The highest BCUT2D eigenvalue weighted by Gasteiger charge is 2.32. The third kappa shape index (κ3) is 4.73. The van der Waals surface area contributed by atoms with E-state index in [1.165, 1.54) is 45.2 Å². The number of aliphatic hydroxyl groups is 1. The highest BCUT2D eigenvalue weighted by Crippen LogP contribution is 2.33. The minimum Gasteiger partial charge on any atom is -0.389 e. The summed E-state index contributed by atoms with van der Waals surface area (Å²) in [5, 5.41) is 14.1. The van der Waals surface area contributed by atoms with Crippen LogP contribution in [0.25, 0.3) is 0 Å². The lowest BCUT2D eigenvalue weighted by Gasteiger charge is -2.37. The largest absolute Gasteiger partial charge is 0.389 e. The Labute approximate surface area is 118 Å². The first-order valence-corrected chi connectivity index (χ1v) is 8.23. The third-order valence-corrected chi connectivity index (χ3v) is 5.34. The van der Waals surface area contributed by atoms with E-state index in [4.69, 9.17) is 0 Å². The Hall–Kier alpha value is -0.120. The minimum atomic E-state index is -0.420. The molecule has 1 saturated carbocycles. The lowest BCUT2D eigenvalue weighted by molar-refractivity contribution is -0.00950. The van der Waals surface area contributed by atoms with Gasteiger partial charge in [-0.25, -0.2) is 0 Å². The summed E-state index contributed by atoms with van der Waals surface area (Å²) in [6, 6.07) is 0. The van der Waals surface area contributed by atoms with E-state index >= 15 is 0 Å². The average molecular weight is 268 g/mol. The lowest BCUT2D eigenvalue weighted by Crippen LogP contribution is -2.45. The Balaban J connectivity index is 1.62. The molecular weight excluding hydrogens is 236 g/mol. The summed E-state index contributed by atoms with van der Waals surface area (Å²) in [7, 11) is 2.21. The van der Waals surface area contributed by atoms with Crippen molar-refractivity contribution in [3.05, 3.63) is 0 Å². The van der Waals surface area contributed by atoms with E-state index in [0.29, 0.717) is 0 Å². The van der Waals surface area contributed by atoms with Gasteiger partial charge in [-0.3, -0.25) is 0 Å². The van der Waals surface area contributed by atoms with Crippen molar-refractivity contribution in [2.75, 3.05) is 33.2 Å². The predicted molar refractivity (Wildman–Crippen MR) is 80.3 cm³/mol. The van der Waals surface area contributed by atoms with Crippen molar-refractivity contribution in [3.63, 3.8) is 0 Å². The predicted octanol–water partition coefficient (Wildman–Crippen LogP) is 2.25. The number of nitrogens with zero attached hydrogens (tertiary/aromatic N) is 1. The van der Waals surface area contributed by atoms with Gasteiger partial charge >= 0.3 is 0 Å². The molecule has 19 heavy (non-hydrogen) atoms. The second kappa shape index (κ2) is 7.05. The fourth-order valence-electron chi connectivity index (χ4n) is 3.58. The lowest BCUT2D eigenvalue weighted by atomic mass is 9.78. The van der Waals surface area contributed by atoms with Crippen LogP contribution < -0.4 is 5.32 Å². The van der Waals surface area contributed by atoms with Crippen LogP contribution in [0.2, 0.25) is 0 Å². The van der Waals surface area contributed by atoms with Gasteiger partial charge in [0.2, 0.25) is 0 Å². The maximum Gasteiger partial charge on any atom is 0.0771 e. The van der Waals surface area contributed by atoms with Crippen LogP contribution in [-0.2, 0) is 0 Å². The van der Waals surface area contributed by atoms with Gasteiger partial charge in [-0.2, -0.15) is 0 Å². The van der Waals surface area contributed by atoms with Crippen molar-refractivity contribution in [1.82, 2.24) is 10.2 Å². The number of nitrogens with one attached hydrogen (secondary N) is 1. The Kier molecular flexibility index (Phi) is 5.67. The molecule has 0 atom stereocenters. The molecule has 2 aliphatic rings. The number of piperidine rings is 1. The van der Waals surface area contributed by atoms with Crippen molar-refractivity contribution in [2.45, 2.75) is 57.5 Å². The van der Waals surface area contributed by atoms with Crippen LogP contribution in [0.3, 0.4) is 0 Å². The molecule has 0 amide bonds. The normalized spacial score (nSPS) is 34.6. The highest BCUT2D eigenvalue weighted by atomic mass is 16.3. The smallest absolute Gasteiger partial charge is 0.0771 e. The molecule has 1 saturated heterocycles. The molecule has 0 aromatic rings. The quantitative estimate of drug-likeness (QED) is 0.803. The van der Waals surface area contributed by atoms with Crippen LogP contribution in [0.4, 0.5) is 0 Å². The SMILES string of the molecule is CCC1CCC(O)(CNCC2CCN(C)CC2)CC1. The second-order valence-electron chi connectivity index (χ2n) is 6.95. The first-order chi connectivity index (χ1) is 9.11. The van der Waals surface area contributed by atoms with Crippen LogP contribution in [0.1, 0.15) is 51.9 Å². The van der Waals surface area contributed by atoms with Crippen molar-refractivity contribution in [2.24, 2.45) is 11.8 Å².